The molecular formula is C9H15N3O. The van der Waals surface area contributed by atoms with Crippen molar-refractivity contribution in [2.75, 3.05) is 6.54 Å². The van der Waals surface area contributed by atoms with Gasteiger partial charge in [0.25, 0.3) is 0 Å². The van der Waals surface area contributed by atoms with Crippen LogP contribution in [-0.2, 0) is 4.79 Å². The van der Waals surface area contributed by atoms with Crippen LogP contribution in [0.1, 0.15) is 26.2 Å². The van der Waals surface area contributed by atoms with Crippen molar-refractivity contribution in [1.82, 2.24) is 4.90 Å². The second-order valence-electron chi connectivity index (χ2n) is 3.33. The van der Waals surface area contributed by atoms with Crippen molar-refractivity contribution in [1.29, 1.82) is 5.26 Å². The molecule has 1 aliphatic heterocycles. The average Bonchev–Trinajstić information content (AvgIpc) is 2.62. The Morgan fingerprint density at radius 1 is 1.85 bits per heavy atom. The van der Waals surface area contributed by atoms with Crippen LogP contribution in [0.3, 0.4) is 0 Å². The van der Waals surface area contributed by atoms with Crippen LogP contribution in [0.4, 0.5) is 0 Å². The van der Waals surface area contributed by atoms with E-state index in [9.17, 15) is 4.79 Å². The molecule has 1 amide bonds. The lowest BCUT2D eigenvalue weighted by Crippen LogP contribution is -2.45. The van der Waals surface area contributed by atoms with Gasteiger partial charge in [-0.05, 0) is 19.3 Å². The molecule has 1 rings (SSSR count). The monoisotopic (exact) mass is 181 g/mol. The second kappa shape index (κ2) is 4.24. The predicted octanol–water partition coefficient (Wildman–Crippen LogP) is 0.238. The summed E-state index contributed by atoms with van der Waals surface area (Å²) < 4.78 is 0. The summed E-state index contributed by atoms with van der Waals surface area (Å²) in [4.78, 5) is 13.2. The van der Waals surface area contributed by atoms with Crippen LogP contribution in [0.25, 0.3) is 0 Å². The lowest BCUT2D eigenvalue weighted by molar-refractivity contribution is -0.132. The average molecular weight is 181 g/mol. The number of carbonyl (C=O) groups is 1. The molecule has 0 aromatic heterocycles. The summed E-state index contributed by atoms with van der Waals surface area (Å²) in [5.41, 5.74) is 5.61. The maximum absolute atomic E-state index is 11.6. The number of nitriles is 1. The van der Waals surface area contributed by atoms with Gasteiger partial charge in [0, 0.05) is 6.54 Å². The standard InChI is InChI=1S/C9H15N3O/c1-2-8(11)9(13)12-5-3-4-7(12)6-10/h7-8H,2-5,11H2,1H3/t7-,8-/m0/s1. The van der Waals surface area contributed by atoms with Gasteiger partial charge in [-0.25, -0.2) is 0 Å². The molecule has 1 heterocycles. The van der Waals surface area contributed by atoms with Crippen LogP contribution < -0.4 is 5.73 Å². The minimum atomic E-state index is -0.436. The first-order valence-electron chi connectivity index (χ1n) is 4.66. The van der Waals surface area contributed by atoms with Crippen LogP contribution in [0, 0.1) is 11.3 Å². The van der Waals surface area contributed by atoms with Crippen molar-refractivity contribution >= 4 is 5.91 Å². The number of nitrogens with zero attached hydrogens (tertiary/aromatic N) is 2. The van der Waals surface area contributed by atoms with Gasteiger partial charge in [-0.15, -0.1) is 0 Å². The third kappa shape index (κ3) is 1.99. The molecule has 1 aliphatic rings. The van der Waals surface area contributed by atoms with E-state index in [0.717, 1.165) is 12.8 Å². The van der Waals surface area contributed by atoms with Gasteiger partial charge < -0.3 is 10.6 Å². The molecule has 4 nitrogen and oxygen atoms in total. The molecule has 0 spiro atoms. The highest BCUT2D eigenvalue weighted by Gasteiger charge is 2.30. The fraction of sp³-hybridized carbons (Fsp3) is 0.778. The van der Waals surface area contributed by atoms with Crippen molar-refractivity contribution in [2.24, 2.45) is 5.73 Å². The lowest BCUT2D eigenvalue weighted by atomic mass is 10.2. The van der Waals surface area contributed by atoms with Crippen LogP contribution >= 0.6 is 0 Å². The molecule has 0 aliphatic carbocycles. The smallest absolute Gasteiger partial charge is 0.240 e. The van der Waals surface area contributed by atoms with Gasteiger partial charge in [0.1, 0.15) is 6.04 Å². The number of likely N-dealkylation sites (tertiary alicyclic amines) is 1. The molecule has 0 saturated carbocycles. The quantitative estimate of drug-likeness (QED) is 0.663. The molecule has 0 radical (unpaired) electrons. The van der Waals surface area contributed by atoms with Gasteiger partial charge >= 0.3 is 0 Å². The van der Waals surface area contributed by atoms with Crippen molar-refractivity contribution in [3.05, 3.63) is 0 Å². The zero-order chi connectivity index (χ0) is 9.84. The van der Waals surface area contributed by atoms with Crippen molar-refractivity contribution in [3.8, 4) is 6.07 Å². The topological polar surface area (TPSA) is 70.1 Å². The molecule has 1 fully saturated rings. The van der Waals surface area contributed by atoms with E-state index in [2.05, 4.69) is 6.07 Å². The SMILES string of the molecule is CC[C@H](N)C(=O)N1CCC[C@H]1C#N. The number of hydrogen-bond acceptors (Lipinski definition) is 3. The Hall–Kier alpha value is -1.08. The van der Waals surface area contributed by atoms with E-state index in [1.807, 2.05) is 6.92 Å². The van der Waals surface area contributed by atoms with E-state index >= 15 is 0 Å². The van der Waals surface area contributed by atoms with Crippen LogP contribution in [-0.4, -0.2) is 29.4 Å². The summed E-state index contributed by atoms with van der Waals surface area (Å²) in [6.07, 6.45) is 2.34. The largest absolute Gasteiger partial charge is 0.325 e. The summed E-state index contributed by atoms with van der Waals surface area (Å²) >= 11 is 0. The maximum atomic E-state index is 11.6. The minimum absolute atomic E-state index is 0.0773. The van der Waals surface area contributed by atoms with Gasteiger partial charge in [-0.3, -0.25) is 4.79 Å². The van der Waals surface area contributed by atoms with Crippen LogP contribution in [0.2, 0.25) is 0 Å². The Bertz CT molecular complexity index is 234. The van der Waals surface area contributed by atoms with E-state index < -0.39 is 6.04 Å². The van der Waals surface area contributed by atoms with Crippen molar-refractivity contribution in [3.63, 3.8) is 0 Å². The van der Waals surface area contributed by atoms with Crippen molar-refractivity contribution < 1.29 is 4.79 Å². The van der Waals surface area contributed by atoms with E-state index in [0.29, 0.717) is 13.0 Å². The number of rotatable bonds is 2. The summed E-state index contributed by atoms with van der Waals surface area (Å²) in [5.74, 6) is -0.0773. The normalized spacial score (nSPS) is 24.1. The van der Waals surface area contributed by atoms with Gasteiger partial charge in [-0.1, -0.05) is 6.92 Å². The number of hydrogen-bond donors (Lipinski definition) is 1. The molecule has 2 N–H and O–H groups in total. The molecule has 0 bridgehead atoms. The van der Waals surface area contributed by atoms with E-state index in [4.69, 9.17) is 11.0 Å². The third-order valence-corrected chi connectivity index (χ3v) is 2.44. The highest BCUT2D eigenvalue weighted by Crippen LogP contribution is 2.17. The second-order valence-corrected chi connectivity index (χ2v) is 3.33. The van der Waals surface area contributed by atoms with Gasteiger partial charge in [0.05, 0.1) is 12.1 Å². The first-order chi connectivity index (χ1) is 6.20. The molecule has 72 valence electrons. The Morgan fingerprint density at radius 3 is 3.08 bits per heavy atom. The zero-order valence-corrected chi connectivity index (χ0v) is 7.86. The fourth-order valence-electron chi connectivity index (χ4n) is 1.55. The van der Waals surface area contributed by atoms with Crippen LogP contribution in [0.5, 0.6) is 0 Å². The van der Waals surface area contributed by atoms with E-state index in [1.54, 1.807) is 4.90 Å². The Balaban J connectivity index is 2.61. The predicted molar refractivity (Wildman–Crippen MR) is 48.6 cm³/mol. The summed E-state index contributed by atoms with van der Waals surface area (Å²) in [6.45, 7) is 2.56. The Morgan fingerprint density at radius 2 is 2.54 bits per heavy atom. The highest BCUT2D eigenvalue weighted by molar-refractivity contribution is 5.82. The van der Waals surface area contributed by atoms with Gasteiger partial charge in [-0.2, -0.15) is 5.26 Å². The van der Waals surface area contributed by atoms with E-state index in [-0.39, 0.29) is 11.9 Å². The van der Waals surface area contributed by atoms with Crippen LogP contribution in [0.15, 0.2) is 0 Å². The molecule has 0 unspecified atom stereocenters. The Kier molecular flexibility index (Phi) is 3.26. The highest BCUT2D eigenvalue weighted by atomic mass is 16.2. The first-order valence-corrected chi connectivity index (χ1v) is 4.66. The summed E-state index contributed by atoms with van der Waals surface area (Å²) in [7, 11) is 0. The minimum Gasteiger partial charge on any atom is -0.325 e. The van der Waals surface area contributed by atoms with Gasteiger partial charge in [0.2, 0.25) is 5.91 Å². The molecule has 13 heavy (non-hydrogen) atoms. The summed E-state index contributed by atoms with van der Waals surface area (Å²) in [5, 5.41) is 8.76. The maximum Gasteiger partial charge on any atom is 0.240 e. The zero-order valence-electron chi connectivity index (χ0n) is 7.86. The first kappa shape index (κ1) is 10.0. The molecule has 0 aromatic carbocycles. The summed E-state index contributed by atoms with van der Waals surface area (Å²) in [6, 6.07) is 1.44. The molecular weight excluding hydrogens is 166 g/mol. The van der Waals surface area contributed by atoms with E-state index in [1.165, 1.54) is 0 Å². The number of nitrogens with two attached hydrogens (primary N) is 1. The Labute approximate surface area is 78.3 Å². The molecule has 0 aromatic rings. The fourth-order valence-corrected chi connectivity index (χ4v) is 1.55. The van der Waals surface area contributed by atoms with Crippen molar-refractivity contribution in [2.45, 2.75) is 38.3 Å². The molecule has 2 atom stereocenters. The third-order valence-electron chi connectivity index (χ3n) is 2.44. The molecule has 4 heteroatoms. The van der Waals surface area contributed by atoms with Gasteiger partial charge in [0.15, 0.2) is 0 Å². The number of amides is 1. The lowest BCUT2D eigenvalue weighted by Gasteiger charge is -2.22. The molecule has 1 saturated heterocycles. The number of carbonyl (C=O) groups excluding carboxylic acids is 1.